The molecular weight excluding hydrogens is 756 g/mol. The normalized spacial score (nSPS) is 12.3. The summed E-state index contributed by atoms with van der Waals surface area (Å²) in [6.45, 7) is 0. The van der Waals surface area contributed by atoms with E-state index in [9.17, 15) is 0 Å². The Morgan fingerprint density at radius 3 is 2.31 bits per heavy atom. The summed E-state index contributed by atoms with van der Waals surface area (Å²) in [5, 5.41) is 10.4. The smallest absolute Gasteiger partial charge is 0.503 e. The molecule has 0 saturated carbocycles. The summed E-state index contributed by atoms with van der Waals surface area (Å²) in [7, 11) is 0. The van der Waals surface area contributed by atoms with Crippen LogP contribution >= 0.6 is 11.3 Å². The zero-order valence-electron chi connectivity index (χ0n) is 23.3. The van der Waals surface area contributed by atoms with Gasteiger partial charge in [-0.3, -0.25) is 4.98 Å². The van der Waals surface area contributed by atoms with Gasteiger partial charge in [-0.15, -0.1) is 41.0 Å². The van der Waals surface area contributed by atoms with Crippen LogP contribution in [0.5, 0.6) is 11.5 Å². The van der Waals surface area contributed by atoms with Gasteiger partial charge in [-0.2, -0.15) is 6.07 Å². The fraction of sp³-hybridized carbons (Fsp3) is 0. The van der Waals surface area contributed by atoms with Gasteiger partial charge in [0.25, 0.3) is 0 Å². The number of imidazole rings is 1. The van der Waals surface area contributed by atoms with Crippen LogP contribution in [0, 0.1) is 12.1 Å². The zero-order valence-corrected chi connectivity index (χ0v) is 26.4. The number of rotatable bonds is 2. The molecule has 5 nitrogen and oxygen atoms in total. The first-order valence-electron chi connectivity index (χ1n) is 14.5. The Labute approximate surface area is 273 Å². The van der Waals surface area contributed by atoms with Gasteiger partial charge in [-0.1, -0.05) is 58.8 Å². The molecule has 6 heterocycles. The number of hydrogen-bond donors (Lipinski definition) is 0. The van der Waals surface area contributed by atoms with Crippen LogP contribution in [0.25, 0.3) is 85.7 Å². The minimum Gasteiger partial charge on any atom is -0.503 e. The summed E-state index contributed by atoms with van der Waals surface area (Å²) in [5.74, 6) is 1.25. The first-order valence-corrected chi connectivity index (χ1v) is 15.3. The molecule has 6 aromatic heterocycles. The molecule has 212 valence electrons. The monoisotopic (exact) mass is 773 g/mol. The summed E-state index contributed by atoms with van der Waals surface area (Å²) < 4.78 is 13.4. The molecule has 0 amide bonds. The molecule has 0 bridgehead atoms. The van der Waals surface area contributed by atoms with Crippen LogP contribution < -0.4 is 4.74 Å². The van der Waals surface area contributed by atoms with E-state index in [1.54, 1.807) is 0 Å². The maximum atomic E-state index is 6.46. The van der Waals surface area contributed by atoms with E-state index in [4.69, 9.17) is 14.7 Å². The van der Waals surface area contributed by atoms with Crippen LogP contribution in [0.2, 0.25) is 0 Å². The van der Waals surface area contributed by atoms with E-state index in [2.05, 4.69) is 93.7 Å². The molecule has 0 unspecified atom stereocenters. The molecule has 0 N–H and O–H groups in total. The molecule has 0 aliphatic heterocycles. The Bertz CT molecular complexity index is 2990. The van der Waals surface area contributed by atoms with Gasteiger partial charge in [-0.25, -0.2) is 4.98 Å². The van der Waals surface area contributed by atoms with E-state index in [0.29, 0.717) is 11.5 Å². The number of aromatic nitrogens is 4. The molecule has 0 aliphatic carbocycles. The van der Waals surface area contributed by atoms with Crippen LogP contribution in [0.1, 0.15) is 0 Å². The SMILES string of the molecule is [Pt+2].[c-]1c(Oc2[c-]c3c(cc2)c2cccc4c5cccnc5n3c24)ccc2c1c1nccn1c1cc3c(cc21)sc1ccccc13. The number of hydrogen-bond acceptors (Lipinski definition) is 4. The maximum absolute atomic E-state index is 6.46. The minimum absolute atomic E-state index is 0. The van der Waals surface area contributed by atoms with Crippen molar-refractivity contribution in [3.8, 4) is 11.5 Å². The van der Waals surface area contributed by atoms with Crippen LogP contribution in [-0.4, -0.2) is 18.8 Å². The van der Waals surface area contributed by atoms with Crippen molar-refractivity contribution in [2.75, 3.05) is 0 Å². The predicted molar refractivity (Wildman–Crippen MR) is 180 cm³/mol. The average Bonchev–Trinajstić information content (AvgIpc) is 3.84. The molecule has 0 atom stereocenters. The number of ether oxygens (including phenoxy) is 1. The van der Waals surface area contributed by atoms with Crippen molar-refractivity contribution in [3.05, 3.63) is 122 Å². The van der Waals surface area contributed by atoms with Gasteiger partial charge >= 0.3 is 21.1 Å². The van der Waals surface area contributed by atoms with E-state index in [1.165, 1.54) is 41.8 Å². The number of fused-ring (bicyclic) bond motifs is 15. The topological polar surface area (TPSA) is 43.8 Å². The van der Waals surface area contributed by atoms with Crippen molar-refractivity contribution in [1.82, 2.24) is 18.8 Å². The average molecular weight is 774 g/mol. The van der Waals surface area contributed by atoms with Crippen molar-refractivity contribution in [3.63, 3.8) is 0 Å². The van der Waals surface area contributed by atoms with E-state index < -0.39 is 0 Å². The van der Waals surface area contributed by atoms with Gasteiger partial charge in [0.05, 0.1) is 5.65 Å². The Balaban J connectivity index is 0.00000265. The predicted octanol–water partition coefficient (Wildman–Crippen LogP) is 9.94. The molecule has 0 aliphatic rings. The molecule has 45 heavy (non-hydrogen) atoms. The number of pyridine rings is 2. The first kappa shape index (κ1) is 25.3. The van der Waals surface area contributed by atoms with Crippen molar-refractivity contribution in [2.45, 2.75) is 0 Å². The van der Waals surface area contributed by atoms with Crippen LogP contribution in [-0.2, 0) is 21.1 Å². The van der Waals surface area contributed by atoms with Gasteiger partial charge < -0.3 is 13.5 Å². The molecule has 0 spiro atoms. The number of nitrogens with zero attached hydrogens (tertiary/aromatic N) is 4. The summed E-state index contributed by atoms with van der Waals surface area (Å²) in [6, 6.07) is 39.2. The summed E-state index contributed by atoms with van der Waals surface area (Å²) in [4.78, 5) is 9.49. The second-order valence-electron chi connectivity index (χ2n) is 11.3. The van der Waals surface area contributed by atoms with Crippen LogP contribution in [0.15, 0.2) is 110 Å². The van der Waals surface area contributed by atoms with Gasteiger partial charge in [-0.05, 0) is 41.1 Å². The van der Waals surface area contributed by atoms with E-state index in [0.717, 1.165) is 43.9 Å². The molecule has 11 aromatic rings. The molecule has 0 saturated heterocycles. The van der Waals surface area contributed by atoms with Gasteiger partial charge in [0.15, 0.2) is 0 Å². The second-order valence-corrected chi connectivity index (χ2v) is 12.4. The van der Waals surface area contributed by atoms with E-state index in [1.807, 2.05) is 48.1 Å². The Morgan fingerprint density at radius 2 is 1.38 bits per heavy atom. The minimum atomic E-state index is 0. The number of thiophene rings is 1. The zero-order chi connectivity index (χ0) is 28.5. The Morgan fingerprint density at radius 1 is 0.600 bits per heavy atom. The molecule has 0 fully saturated rings. The standard InChI is InChI=1S/C38H18N4OS.Pt/c1-2-9-34-25(5-1)30-19-32-29(20-35(30)44-34)23-12-10-21(17-31(23)37-40-15-16-41(32)37)43-22-11-13-24-26-6-3-7-27-28-8-4-14-39-38(28)42(36(26)27)33(24)18-22;/h1-16,19-20H;/q-2;+2. The third kappa shape index (κ3) is 3.30. The maximum Gasteiger partial charge on any atom is 2.00 e. The molecule has 5 aromatic carbocycles. The molecule has 0 radical (unpaired) electrons. The second kappa shape index (κ2) is 9.01. The van der Waals surface area contributed by atoms with Crippen molar-refractivity contribution < 1.29 is 25.8 Å². The quantitative estimate of drug-likeness (QED) is 0.130. The van der Waals surface area contributed by atoms with Crippen molar-refractivity contribution >= 4 is 97.1 Å². The van der Waals surface area contributed by atoms with E-state index >= 15 is 0 Å². The van der Waals surface area contributed by atoms with Crippen LogP contribution in [0.4, 0.5) is 0 Å². The molecule has 11 rings (SSSR count). The largest absolute Gasteiger partial charge is 2.00 e. The summed E-state index contributed by atoms with van der Waals surface area (Å²) in [6.07, 6.45) is 5.73. The summed E-state index contributed by atoms with van der Waals surface area (Å²) in [5.41, 5.74) is 5.05. The molecular formula is C38H18N4OPtS. The third-order valence-corrected chi connectivity index (χ3v) is 10.1. The van der Waals surface area contributed by atoms with Crippen molar-refractivity contribution in [1.29, 1.82) is 0 Å². The van der Waals surface area contributed by atoms with Crippen LogP contribution in [0.3, 0.4) is 0 Å². The first-order chi connectivity index (χ1) is 21.8. The fourth-order valence-corrected chi connectivity index (χ4v) is 8.28. The number of para-hydroxylation sites is 1. The Hall–Kier alpha value is -5.03. The van der Waals surface area contributed by atoms with Gasteiger partial charge in [0, 0.05) is 72.1 Å². The van der Waals surface area contributed by atoms with Crippen molar-refractivity contribution in [2.24, 2.45) is 0 Å². The van der Waals surface area contributed by atoms with Gasteiger partial charge in [0.2, 0.25) is 0 Å². The fourth-order valence-electron chi connectivity index (χ4n) is 7.16. The van der Waals surface area contributed by atoms with Gasteiger partial charge in [0.1, 0.15) is 5.65 Å². The van der Waals surface area contributed by atoms with E-state index in [-0.39, 0.29) is 21.1 Å². The third-order valence-electron chi connectivity index (χ3n) is 9.01. The molecule has 7 heteroatoms. The summed E-state index contributed by atoms with van der Waals surface area (Å²) >= 11 is 1.83. The Kier molecular flexibility index (Phi) is 5.07. The number of benzene rings is 5.